The number of anilines is 1. The summed E-state index contributed by atoms with van der Waals surface area (Å²) < 4.78 is 47.1. The fourth-order valence-corrected chi connectivity index (χ4v) is 3.75. The van der Waals surface area contributed by atoms with Crippen molar-refractivity contribution in [3.05, 3.63) is 65.9 Å². The summed E-state index contributed by atoms with van der Waals surface area (Å²) in [5.41, 5.74) is 2.84. The molecule has 1 N–H and O–H groups in total. The average Bonchev–Trinajstić information content (AvgIpc) is 3.51. The second-order valence-corrected chi connectivity index (χ2v) is 7.62. The zero-order chi connectivity index (χ0) is 22.8. The highest BCUT2D eigenvalue weighted by molar-refractivity contribution is 5.66. The maximum Gasteiger partial charge on any atom is 0.314 e. The highest BCUT2D eigenvalue weighted by Crippen LogP contribution is 2.29. The molecule has 2 aromatic heterocycles. The summed E-state index contributed by atoms with van der Waals surface area (Å²) >= 11 is 0. The van der Waals surface area contributed by atoms with Crippen molar-refractivity contribution in [1.29, 1.82) is 0 Å². The molecule has 170 valence electrons. The number of rotatable bonds is 6. The first-order valence-electron chi connectivity index (χ1n) is 10.4. The largest absolute Gasteiger partial charge is 0.415 e. The van der Waals surface area contributed by atoms with Crippen LogP contribution in [0.2, 0.25) is 0 Å². The average molecular weight is 455 g/mol. The summed E-state index contributed by atoms with van der Waals surface area (Å²) in [6.45, 7) is 3.53. The van der Waals surface area contributed by atoms with Crippen molar-refractivity contribution < 1.29 is 17.6 Å². The molecule has 3 heterocycles. The monoisotopic (exact) mass is 455 g/mol. The molecule has 8 nitrogen and oxygen atoms in total. The molecule has 0 bridgehead atoms. The Morgan fingerprint density at radius 1 is 1.00 bits per heavy atom. The van der Waals surface area contributed by atoms with Crippen LogP contribution >= 0.6 is 0 Å². The lowest BCUT2D eigenvalue weighted by Crippen LogP contribution is -2.43. The number of aromatic nitrogens is 5. The third kappa shape index (κ3) is 4.44. The standard InChI is InChI=1S/C22H20F3N7O/c23-19-16(2-1-3-18(19)31-10-8-26-9-11-31)17-13-32(30-27-17)12-14-4-6-15(7-5-14)21-28-29-22(33-21)20(24)25/h1-7,13,20,26H,8-12H2. The molecule has 1 fully saturated rings. The Hall–Kier alpha value is -3.73. The van der Waals surface area contributed by atoms with Gasteiger partial charge in [-0.25, -0.2) is 9.07 Å². The van der Waals surface area contributed by atoms with Gasteiger partial charge >= 0.3 is 6.43 Å². The SMILES string of the molecule is Fc1c(-c2cn(Cc3ccc(-c4nnc(C(F)F)o4)cc3)nn2)cccc1N1CCNCC1. The van der Waals surface area contributed by atoms with Crippen LogP contribution in [-0.2, 0) is 6.54 Å². The van der Waals surface area contributed by atoms with Crippen LogP contribution in [0, 0.1) is 5.82 Å². The summed E-state index contributed by atoms with van der Waals surface area (Å²) in [5, 5.41) is 18.5. The van der Waals surface area contributed by atoms with E-state index < -0.39 is 12.3 Å². The van der Waals surface area contributed by atoms with Gasteiger partial charge in [-0.3, -0.25) is 0 Å². The Balaban J connectivity index is 1.31. The minimum atomic E-state index is -2.81. The molecule has 11 heteroatoms. The molecule has 33 heavy (non-hydrogen) atoms. The lowest BCUT2D eigenvalue weighted by atomic mass is 10.1. The molecule has 5 rings (SSSR count). The molecule has 1 aliphatic rings. The van der Waals surface area contributed by atoms with Crippen LogP contribution in [-0.4, -0.2) is 51.4 Å². The van der Waals surface area contributed by atoms with Gasteiger partial charge in [-0.05, 0) is 29.8 Å². The molecular formula is C22H20F3N7O. The Bertz CT molecular complexity index is 1230. The minimum Gasteiger partial charge on any atom is -0.415 e. The van der Waals surface area contributed by atoms with E-state index >= 15 is 4.39 Å². The molecule has 4 aromatic rings. The second kappa shape index (κ2) is 9.02. The number of alkyl halides is 2. The van der Waals surface area contributed by atoms with E-state index in [9.17, 15) is 8.78 Å². The van der Waals surface area contributed by atoms with E-state index in [4.69, 9.17) is 4.42 Å². The topological polar surface area (TPSA) is 84.9 Å². The molecule has 1 saturated heterocycles. The van der Waals surface area contributed by atoms with E-state index in [0.717, 1.165) is 31.7 Å². The summed E-state index contributed by atoms with van der Waals surface area (Å²) in [7, 11) is 0. The first-order valence-corrected chi connectivity index (χ1v) is 10.4. The smallest absolute Gasteiger partial charge is 0.314 e. The molecule has 0 aliphatic carbocycles. The van der Waals surface area contributed by atoms with Crippen LogP contribution in [0.3, 0.4) is 0 Å². The minimum absolute atomic E-state index is 0.0275. The van der Waals surface area contributed by atoms with Crippen LogP contribution in [0.1, 0.15) is 17.9 Å². The number of nitrogens with zero attached hydrogens (tertiary/aromatic N) is 6. The highest BCUT2D eigenvalue weighted by Gasteiger charge is 2.19. The third-order valence-electron chi connectivity index (χ3n) is 5.42. The van der Waals surface area contributed by atoms with Crippen molar-refractivity contribution in [1.82, 2.24) is 30.5 Å². The van der Waals surface area contributed by atoms with Gasteiger partial charge in [-0.15, -0.1) is 15.3 Å². The first-order chi connectivity index (χ1) is 16.1. The summed E-state index contributed by atoms with van der Waals surface area (Å²) in [5.74, 6) is -0.990. The van der Waals surface area contributed by atoms with Gasteiger partial charge in [0.1, 0.15) is 5.69 Å². The number of halogens is 3. The van der Waals surface area contributed by atoms with Crippen molar-refractivity contribution in [2.75, 3.05) is 31.1 Å². The third-order valence-corrected chi connectivity index (χ3v) is 5.42. The van der Waals surface area contributed by atoms with E-state index in [1.165, 1.54) is 0 Å². The normalized spacial score (nSPS) is 14.2. The molecule has 0 amide bonds. The summed E-state index contributed by atoms with van der Waals surface area (Å²) in [6, 6.07) is 12.3. The fourth-order valence-electron chi connectivity index (χ4n) is 3.75. The van der Waals surface area contributed by atoms with Crippen LogP contribution in [0.25, 0.3) is 22.7 Å². The number of benzene rings is 2. The number of nitrogens with one attached hydrogen (secondary N) is 1. The lowest BCUT2D eigenvalue weighted by molar-refractivity contribution is 0.116. The Morgan fingerprint density at radius 2 is 1.79 bits per heavy atom. The van der Waals surface area contributed by atoms with Gasteiger partial charge in [0.05, 0.1) is 18.4 Å². The zero-order valence-corrected chi connectivity index (χ0v) is 17.5. The number of piperazine rings is 1. The van der Waals surface area contributed by atoms with E-state index in [2.05, 4.69) is 25.8 Å². The summed E-state index contributed by atoms with van der Waals surface area (Å²) in [6.07, 6.45) is -1.12. The Morgan fingerprint density at radius 3 is 2.52 bits per heavy atom. The van der Waals surface area contributed by atoms with Gasteiger partial charge in [0.2, 0.25) is 5.89 Å². The lowest BCUT2D eigenvalue weighted by Gasteiger charge is -2.30. The number of hydrogen-bond donors (Lipinski definition) is 1. The molecule has 0 unspecified atom stereocenters. The van der Waals surface area contributed by atoms with Gasteiger partial charge in [-0.1, -0.05) is 23.4 Å². The molecule has 0 spiro atoms. The molecule has 1 aliphatic heterocycles. The molecule has 0 radical (unpaired) electrons. The predicted octanol–water partition coefficient (Wildman–Crippen LogP) is 3.53. The van der Waals surface area contributed by atoms with Crippen molar-refractivity contribution in [2.24, 2.45) is 0 Å². The summed E-state index contributed by atoms with van der Waals surface area (Å²) in [4.78, 5) is 2.02. The maximum absolute atomic E-state index is 15.2. The number of hydrogen-bond acceptors (Lipinski definition) is 7. The Kier molecular flexibility index (Phi) is 5.78. The van der Waals surface area contributed by atoms with Crippen LogP contribution in [0.5, 0.6) is 0 Å². The van der Waals surface area contributed by atoms with Crippen molar-refractivity contribution in [3.63, 3.8) is 0 Å². The van der Waals surface area contributed by atoms with Gasteiger partial charge in [0.25, 0.3) is 5.89 Å². The van der Waals surface area contributed by atoms with E-state index in [0.29, 0.717) is 29.1 Å². The van der Waals surface area contributed by atoms with Crippen molar-refractivity contribution in [3.8, 4) is 22.7 Å². The van der Waals surface area contributed by atoms with E-state index in [-0.39, 0.29) is 11.7 Å². The molecule has 0 atom stereocenters. The van der Waals surface area contributed by atoms with Gasteiger partial charge in [0.15, 0.2) is 5.82 Å². The second-order valence-electron chi connectivity index (χ2n) is 7.62. The van der Waals surface area contributed by atoms with Crippen LogP contribution < -0.4 is 10.2 Å². The zero-order valence-electron chi connectivity index (χ0n) is 17.5. The molecule has 0 saturated carbocycles. The van der Waals surface area contributed by atoms with Gasteiger partial charge in [-0.2, -0.15) is 8.78 Å². The molecular weight excluding hydrogens is 435 g/mol. The van der Waals surface area contributed by atoms with Crippen LogP contribution in [0.15, 0.2) is 53.1 Å². The van der Waals surface area contributed by atoms with E-state index in [1.807, 2.05) is 11.0 Å². The van der Waals surface area contributed by atoms with Gasteiger partial charge in [0, 0.05) is 37.3 Å². The maximum atomic E-state index is 15.2. The quantitative estimate of drug-likeness (QED) is 0.476. The first kappa shape index (κ1) is 21.1. The predicted molar refractivity (Wildman–Crippen MR) is 114 cm³/mol. The fraction of sp³-hybridized carbons (Fsp3) is 0.273. The van der Waals surface area contributed by atoms with E-state index in [1.54, 1.807) is 47.3 Å². The van der Waals surface area contributed by atoms with Crippen molar-refractivity contribution in [2.45, 2.75) is 13.0 Å². The Labute approximate surface area is 187 Å². The van der Waals surface area contributed by atoms with Gasteiger partial charge < -0.3 is 14.6 Å². The van der Waals surface area contributed by atoms with Crippen molar-refractivity contribution >= 4 is 5.69 Å². The molecule has 2 aromatic carbocycles. The highest BCUT2D eigenvalue weighted by atomic mass is 19.3. The van der Waals surface area contributed by atoms with Crippen LogP contribution in [0.4, 0.5) is 18.9 Å².